The van der Waals surface area contributed by atoms with Crippen molar-refractivity contribution in [3.63, 3.8) is 0 Å². The minimum absolute atomic E-state index is 0.00932. The Morgan fingerprint density at radius 1 is 0.889 bits per heavy atom. The van der Waals surface area contributed by atoms with Gasteiger partial charge in [-0.2, -0.15) is 0 Å². The van der Waals surface area contributed by atoms with Gasteiger partial charge in [-0.15, -0.1) is 0 Å². The van der Waals surface area contributed by atoms with Crippen LogP contribution in [0.15, 0.2) is 29.2 Å². The second kappa shape index (κ2) is 8.00. The first-order valence-electron chi connectivity index (χ1n) is 9.64. The van der Waals surface area contributed by atoms with Crippen molar-refractivity contribution in [3.8, 4) is 0 Å². The first-order chi connectivity index (χ1) is 12.8. The molecule has 0 N–H and O–H groups in total. The molecule has 0 radical (unpaired) electrons. The quantitative estimate of drug-likeness (QED) is 0.790. The molecule has 0 atom stereocenters. The van der Waals surface area contributed by atoms with Gasteiger partial charge in [0.25, 0.3) is 5.91 Å². The number of piperidine rings is 2. The topological polar surface area (TPSA) is 74.8 Å². The third-order valence-electron chi connectivity index (χ3n) is 5.76. The maximum absolute atomic E-state index is 12.7. The molecule has 3 rings (SSSR count). The standard InChI is InChI=1S/C20H28N2O4S/c1-15-7-11-21(12-8-15)20(24)17-9-13-22(14-10-17)19(23)16-3-5-18(6-4-16)27(2,25)26/h3-6,15,17H,7-14H2,1-2H3. The van der Waals surface area contributed by atoms with Crippen molar-refractivity contribution in [1.29, 1.82) is 0 Å². The predicted molar refractivity (Wildman–Crippen MR) is 103 cm³/mol. The van der Waals surface area contributed by atoms with E-state index in [9.17, 15) is 18.0 Å². The lowest BCUT2D eigenvalue weighted by Crippen LogP contribution is -2.46. The van der Waals surface area contributed by atoms with Gasteiger partial charge in [-0.05, 0) is 55.9 Å². The lowest BCUT2D eigenvalue weighted by molar-refractivity contribution is -0.138. The molecule has 0 unspecified atom stereocenters. The molecule has 2 heterocycles. The maximum Gasteiger partial charge on any atom is 0.253 e. The number of nitrogens with zero attached hydrogens (tertiary/aromatic N) is 2. The van der Waals surface area contributed by atoms with Crippen molar-refractivity contribution in [2.75, 3.05) is 32.4 Å². The van der Waals surface area contributed by atoms with Gasteiger partial charge in [-0.3, -0.25) is 9.59 Å². The molecule has 7 heteroatoms. The Morgan fingerprint density at radius 2 is 1.41 bits per heavy atom. The number of sulfone groups is 1. The molecule has 0 saturated carbocycles. The van der Waals surface area contributed by atoms with Crippen LogP contribution in [0.5, 0.6) is 0 Å². The number of benzene rings is 1. The van der Waals surface area contributed by atoms with Crippen LogP contribution in [-0.2, 0) is 14.6 Å². The molecule has 1 aromatic carbocycles. The molecule has 0 bridgehead atoms. The summed E-state index contributed by atoms with van der Waals surface area (Å²) in [4.78, 5) is 29.3. The van der Waals surface area contributed by atoms with E-state index in [1.54, 1.807) is 17.0 Å². The fourth-order valence-corrected chi connectivity index (χ4v) is 4.47. The van der Waals surface area contributed by atoms with Crippen LogP contribution in [0.3, 0.4) is 0 Å². The number of rotatable bonds is 3. The summed E-state index contributed by atoms with van der Waals surface area (Å²) in [6.45, 7) is 5.06. The van der Waals surface area contributed by atoms with E-state index in [0.29, 0.717) is 37.4 Å². The Balaban J connectivity index is 1.55. The molecule has 2 aliphatic rings. The summed E-state index contributed by atoms with van der Waals surface area (Å²) >= 11 is 0. The average molecular weight is 393 g/mol. The van der Waals surface area contributed by atoms with E-state index >= 15 is 0 Å². The van der Waals surface area contributed by atoms with Crippen LogP contribution in [-0.4, -0.2) is 62.5 Å². The molecule has 2 amide bonds. The highest BCUT2D eigenvalue weighted by Gasteiger charge is 2.31. The van der Waals surface area contributed by atoms with Crippen molar-refractivity contribution >= 4 is 21.7 Å². The van der Waals surface area contributed by atoms with E-state index in [4.69, 9.17) is 0 Å². The highest BCUT2D eigenvalue weighted by Crippen LogP contribution is 2.24. The second-order valence-electron chi connectivity index (χ2n) is 7.87. The van der Waals surface area contributed by atoms with E-state index in [2.05, 4.69) is 6.92 Å². The number of carbonyl (C=O) groups is 2. The summed E-state index contributed by atoms with van der Waals surface area (Å²) in [5.41, 5.74) is 0.484. The summed E-state index contributed by atoms with van der Waals surface area (Å²) < 4.78 is 23.1. The summed E-state index contributed by atoms with van der Waals surface area (Å²) in [5.74, 6) is 0.844. The smallest absolute Gasteiger partial charge is 0.253 e. The summed E-state index contributed by atoms with van der Waals surface area (Å²) in [5, 5.41) is 0. The van der Waals surface area contributed by atoms with Crippen molar-refractivity contribution in [2.24, 2.45) is 11.8 Å². The van der Waals surface area contributed by atoms with Crippen molar-refractivity contribution < 1.29 is 18.0 Å². The molecule has 0 spiro atoms. The van der Waals surface area contributed by atoms with E-state index in [0.717, 1.165) is 32.2 Å². The zero-order valence-electron chi connectivity index (χ0n) is 16.1. The predicted octanol–water partition coefficient (Wildman–Crippen LogP) is 2.20. The zero-order valence-corrected chi connectivity index (χ0v) is 16.9. The molecule has 6 nitrogen and oxygen atoms in total. The Hall–Kier alpha value is -1.89. The van der Waals surface area contributed by atoms with Crippen LogP contribution >= 0.6 is 0 Å². The molecule has 0 aliphatic carbocycles. The van der Waals surface area contributed by atoms with Crippen molar-refractivity contribution in [2.45, 2.75) is 37.5 Å². The maximum atomic E-state index is 12.7. The molecule has 2 fully saturated rings. The molecule has 148 valence electrons. The largest absolute Gasteiger partial charge is 0.342 e. The van der Waals surface area contributed by atoms with Crippen molar-refractivity contribution in [3.05, 3.63) is 29.8 Å². The first kappa shape index (κ1) is 19.9. The Kier molecular flexibility index (Phi) is 5.89. The van der Waals surface area contributed by atoms with Crippen LogP contribution in [0.4, 0.5) is 0 Å². The van der Waals surface area contributed by atoms with Crippen LogP contribution in [0, 0.1) is 11.8 Å². The van der Waals surface area contributed by atoms with Gasteiger partial charge in [0.05, 0.1) is 4.90 Å². The fraction of sp³-hybridized carbons (Fsp3) is 0.600. The van der Waals surface area contributed by atoms with Gasteiger partial charge >= 0.3 is 0 Å². The Labute approximate surface area is 161 Å². The third kappa shape index (κ3) is 4.69. The minimum Gasteiger partial charge on any atom is -0.342 e. The van der Waals surface area contributed by atoms with Gasteiger partial charge in [0.1, 0.15) is 0 Å². The number of hydrogen-bond acceptors (Lipinski definition) is 4. The van der Waals surface area contributed by atoms with E-state index in [1.807, 2.05) is 4.90 Å². The van der Waals surface area contributed by atoms with Gasteiger partial charge < -0.3 is 9.80 Å². The number of likely N-dealkylation sites (tertiary alicyclic amines) is 2. The Morgan fingerprint density at radius 3 is 1.93 bits per heavy atom. The highest BCUT2D eigenvalue weighted by molar-refractivity contribution is 7.90. The van der Waals surface area contributed by atoms with Gasteiger partial charge in [0.15, 0.2) is 9.84 Å². The number of hydrogen-bond donors (Lipinski definition) is 0. The number of carbonyl (C=O) groups excluding carboxylic acids is 2. The van der Waals surface area contributed by atoms with E-state index in [-0.39, 0.29) is 22.6 Å². The van der Waals surface area contributed by atoms with Crippen LogP contribution < -0.4 is 0 Å². The second-order valence-corrected chi connectivity index (χ2v) is 9.89. The van der Waals surface area contributed by atoms with Crippen LogP contribution in [0.1, 0.15) is 43.0 Å². The normalized spacial score (nSPS) is 19.9. The molecule has 2 saturated heterocycles. The molecule has 2 aliphatic heterocycles. The molecule has 1 aromatic rings. The van der Waals surface area contributed by atoms with Gasteiger partial charge in [-0.1, -0.05) is 6.92 Å². The van der Waals surface area contributed by atoms with Crippen LogP contribution in [0.2, 0.25) is 0 Å². The van der Waals surface area contributed by atoms with Gasteiger partial charge in [0, 0.05) is 43.9 Å². The highest BCUT2D eigenvalue weighted by atomic mass is 32.2. The monoisotopic (exact) mass is 392 g/mol. The summed E-state index contributed by atoms with van der Waals surface area (Å²) in [6, 6.07) is 6.06. The van der Waals surface area contributed by atoms with E-state index in [1.165, 1.54) is 12.1 Å². The lowest BCUT2D eigenvalue weighted by atomic mass is 9.92. The summed E-state index contributed by atoms with van der Waals surface area (Å²) in [7, 11) is -3.27. The van der Waals surface area contributed by atoms with Gasteiger partial charge in [0.2, 0.25) is 5.91 Å². The first-order valence-corrected chi connectivity index (χ1v) is 11.5. The summed E-state index contributed by atoms with van der Waals surface area (Å²) in [6.07, 6.45) is 4.68. The third-order valence-corrected chi connectivity index (χ3v) is 6.88. The minimum atomic E-state index is -3.27. The zero-order chi connectivity index (χ0) is 19.6. The molecular formula is C20H28N2O4S. The molecule has 0 aromatic heterocycles. The molecular weight excluding hydrogens is 364 g/mol. The fourth-order valence-electron chi connectivity index (χ4n) is 3.84. The average Bonchev–Trinajstić information content (AvgIpc) is 2.67. The lowest BCUT2D eigenvalue weighted by Gasteiger charge is -2.36. The number of amides is 2. The Bertz CT molecular complexity index is 788. The van der Waals surface area contributed by atoms with E-state index < -0.39 is 9.84 Å². The van der Waals surface area contributed by atoms with Gasteiger partial charge in [-0.25, -0.2) is 8.42 Å². The SMILES string of the molecule is CC1CCN(C(=O)C2CCN(C(=O)c3ccc(S(C)(=O)=O)cc3)CC2)CC1. The van der Waals surface area contributed by atoms with Crippen LogP contribution in [0.25, 0.3) is 0 Å². The molecule has 27 heavy (non-hydrogen) atoms. The van der Waals surface area contributed by atoms with Crippen molar-refractivity contribution in [1.82, 2.24) is 9.80 Å².